The minimum atomic E-state index is 0.344. The third-order valence-corrected chi connectivity index (χ3v) is 6.59. The standard InChI is InChI=1S/C19H28N2/c1-2-13-3-5-17(6-4-13)18(21-20)19-10-14-7-15(11-19)9-16(8-14)12-19/h3-6,14-16,18,21H,2,7-12,20H2,1H3. The van der Waals surface area contributed by atoms with E-state index in [0.717, 1.165) is 24.2 Å². The van der Waals surface area contributed by atoms with Crippen molar-refractivity contribution in [1.29, 1.82) is 0 Å². The molecule has 5 rings (SSSR count). The highest BCUT2D eigenvalue weighted by Crippen LogP contribution is 2.63. The van der Waals surface area contributed by atoms with Crippen LogP contribution in [0.25, 0.3) is 0 Å². The third-order valence-electron chi connectivity index (χ3n) is 6.59. The molecule has 1 aromatic rings. The Bertz CT molecular complexity index is 470. The first-order valence-corrected chi connectivity index (χ1v) is 8.77. The van der Waals surface area contributed by atoms with Gasteiger partial charge in [0.1, 0.15) is 0 Å². The van der Waals surface area contributed by atoms with Gasteiger partial charge >= 0.3 is 0 Å². The molecule has 21 heavy (non-hydrogen) atoms. The van der Waals surface area contributed by atoms with Crippen LogP contribution in [0.5, 0.6) is 0 Å². The van der Waals surface area contributed by atoms with Crippen LogP contribution in [0, 0.1) is 23.2 Å². The molecule has 0 amide bonds. The molecule has 2 heteroatoms. The predicted molar refractivity (Wildman–Crippen MR) is 86.5 cm³/mol. The van der Waals surface area contributed by atoms with Crippen molar-refractivity contribution in [3.63, 3.8) is 0 Å². The monoisotopic (exact) mass is 284 g/mol. The SMILES string of the molecule is CCc1ccc(C(NN)C23CC4CC(CC(C4)C2)C3)cc1. The molecule has 4 saturated carbocycles. The molecule has 0 aliphatic heterocycles. The van der Waals surface area contributed by atoms with Gasteiger partial charge in [0.25, 0.3) is 0 Å². The van der Waals surface area contributed by atoms with Gasteiger partial charge in [-0.1, -0.05) is 31.2 Å². The lowest BCUT2D eigenvalue weighted by Crippen LogP contribution is -2.53. The molecule has 4 bridgehead atoms. The fourth-order valence-corrected chi connectivity index (χ4v) is 6.10. The second-order valence-corrected chi connectivity index (χ2v) is 7.97. The smallest absolute Gasteiger partial charge is 0.0516 e. The van der Waals surface area contributed by atoms with E-state index in [-0.39, 0.29) is 0 Å². The molecule has 1 unspecified atom stereocenters. The van der Waals surface area contributed by atoms with E-state index >= 15 is 0 Å². The molecule has 4 fully saturated rings. The number of rotatable bonds is 4. The highest BCUT2D eigenvalue weighted by Gasteiger charge is 2.54. The zero-order valence-corrected chi connectivity index (χ0v) is 13.1. The average Bonchev–Trinajstić information content (AvgIpc) is 2.47. The number of nitrogens with two attached hydrogens (primary N) is 1. The molecule has 0 saturated heterocycles. The van der Waals surface area contributed by atoms with E-state index in [4.69, 9.17) is 5.84 Å². The van der Waals surface area contributed by atoms with Crippen molar-refractivity contribution < 1.29 is 0 Å². The first kappa shape index (κ1) is 13.8. The molecule has 2 nitrogen and oxygen atoms in total. The first-order chi connectivity index (χ1) is 10.2. The summed E-state index contributed by atoms with van der Waals surface area (Å²) in [5.41, 5.74) is 6.46. The van der Waals surface area contributed by atoms with E-state index < -0.39 is 0 Å². The van der Waals surface area contributed by atoms with Crippen molar-refractivity contribution in [3.05, 3.63) is 35.4 Å². The number of benzene rings is 1. The Hall–Kier alpha value is -0.860. The van der Waals surface area contributed by atoms with Gasteiger partial charge in [-0.25, -0.2) is 0 Å². The summed E-state index contributed by atoms with van der Waals surface area (Å²) in [6.45, 7) is 2.22. The maximum Gasteiger partial charge on any atom is 0.0516 e. The van der Waals surface area contributed by atoms with Crippen LogP contribution >= 0.6 is 0 Å². The fourth-order valence-electron chi connectivity index (χ4n) is 6.10. The maximum absolute atomic E-state index is 6.05. The number of aryl methyl sites for hydroxylation is 1. The topological polar surface area (TPSA) is 38.0 Å². The second-order valence-electron chi connectivity index (χ2n) is 7.97. The molecule has 1 atom stereocenters. The van der Waals surface area contributed by atoms with Gasteiger partial charge in [0, 0.05) is 0 Å². The molecular weight excluding hydrogens is 256 g/mol. The van der Waals surface area contributed by atoms with E-state index in [0.29, 0.717) is 11.5 Å². The summed E-state index contributed by atoms with van der Waals surface area (Å²) in [5, 5.41) is 0. The third kappa shape index (κ3) is 2.24. The lowest BCUT2D eigenvalue weighted by molar-refractivity contribution is -0.0749. The quantitative estimate of drug-likeness (QED) is 0.648. The normalized spacial score (nSPS) is 38.7. The van der Waals surface area contributed by atoms with Gasteiger partial charge in [-0.15, -0.1) is 0 Å². The van der Waals surface area contributed by atoms with Crippen LogP contribution in [0.4, 0.5) is 0 Å². The molecule has 0 radical (unpaired) electrons. The summed E-state index contributed by atoms with van der Waals surface area (Å²) >= 11 is 0. The van der Waals surface area contributed by atoms with E-state index in [9.17, 15) is 0 Å². The molecule has 3 N–H and O–H groups in total. The van der Waals surface area contributed by atoms with Crippen LogP contribution in [0.15, 0.2) is 24.3 Å². The van der Waals surface area contributed by atoms with Gasteiger partial charge in [-0.3, -0.25) is 11.3 Å². The van der Waals surface area contributed by atoms with Gasteiger partial charge in [0.15, 0.2) is 0 Å². The summed E-state index contributed by atoms with van der Waals surface area (Å²) in [6.07, 6.45) is 9.76. The summed E-state index contributed by atoms with van der Waals surface area (Å²) in [5.74, 6) is 8.97. The fraction of sp³-hybridized carbons (Fsp3) is 0.684. The molecular formula is C19H28N2. The van der Waals surface area contributed by atoms with Gasteiger partial charge in [-0.05, 0) is 79.2 Å². The highest BCUT2D eigenvalue weighted by atomic mass is 15.2. The Morgan fingerprint density at radius 2 is 1.57 bits per heavy atom. The van der Waals surface area contributed by atoms with Crippen molar-refractivity contribution in [3.8, 4) is 0 Å². The Kier molecular flexibility index (Phi) is 3.35. The maximum atomic E-state index is 6.05. The highest BCUT2D eigenvalue weighted by molar-refractivity contribution is 5.27. The second kappa shape index (κ2) is 5.10. The predicted octanol–water partition coefficient (Wildman–Crippen LogP) is 3.97. The van der Waals surface area contributed by atoms with Crippen molar-refractivity contribution in [2.75, 3.05) is 0 Å². The number of hydrogen-bond acceptors (Lipinski definition) is 2. The van der Waals surface area contributed by atoms with Crippen LogP contribution in [-0.2, 0) is 6.42 Å². The average molecular weight is 284 g/mol. The molecule has 0 aromatic heterocycles. The van der Waals surface area contributed by atoms with E-state index in [1.165, 1.54) is 49.7 Å². The summed E-state index contributed by atoms with van der Waals surface area (Å²) < 4.78 is 0. The summed E-state index contributed by atoms with van der Waals surface area (Å²) in [4.78, 5) is 0. The molecule has 1 aromatic carbocycles. The number of hydrazine groups is 1. The van der Waals surface area contributed by atoms with Gasteiger partial charge in [0.2, 0.25) is 0 Å². The summed E-state index contributed by atoms with van der Waals surface area (Å²) in [7, 11) is 0. The summed E-state index contributed by atoms with van der Waals surface area (Å²) in [6, 6.07) is 9.52. The molecule has 0 spiro atoms. The molecule has 0 heterocycles. The Labute approximate surface area is 128 Å². The van der Waals surface area contributed by atoms with Gasteiger partial charge in [-0.2, -0.15) is 0 Å². The minimum absolute atomic E-state index is 0.344. The number of hydrogen-bond donors (Lipinski definition) is 2. The molecule has 4 aliphatic carbocycles. The Morgan fingerprint density at radius 1 is 1.05 bits per heavy atom. The van der Waals surface area contributed by atoms with Crippen LogP contribution in [0.2, 0.25) is 0 Å². The van der Waals surface area contributed by atoms with Crippen LogP contribution in [-0.4, -0.2) is 0 Å². The van der Waals surface area contributed by atoms with Gasteiger partial charge in [0.05, 0.1) is 6.04 Å². The van der Waals surface area contributed by atoms with Crippen LogP contribution in [0.1, 0.15) is 62.6 Å². The van der Waals surface area contributed by atoms with E-state index in [2.05, 4.69) is 36.6 Å². The lowest BCUT2D eigenvalue weighted by atomic mass is 9.47. The molecule has 114 valence electrons. The largest absolute Gasteiger partial charge is 0.271 e. The van der Waals surface area contributed by atoms with Crippen LogP contribution in [0.3, 0.4) is 0 Å². The zero-order chi connectivity index (χ0) is 14.4. The van der Waals surface area contributed by atoms with E-state index in [1.807, 2.05) is 0 Å². The van der Waals surface area contributed by atoms with Crippen molar-refractivity contribution in [1.82, 2.24) is 5.43 Å². The Balaban J connectivity index is 1.65. The van der Waals surface area contributed by atoms with Crippen molar-refractivity contribution >= 4 is 0 Å². The minimum Gasteiger partial charge on any atom is -0.271 e. The first-order valence-electron chi connectivity index (χ1n) is 8.77. The van der Waals surface area contributed by atoms with Crippen LogP contribution < -0.4 is 11.3 Å². The zero-order valence-electron chi connectivity index (χ0n) is 13.1. The molecule has 4 aliphatic rings. The van der Waals surface area contributed by atoms with Gasteiger partial charge < -0.3 is 0 Å². The lowest BCUT2D eigenvalue weighted by Gasteiger charge is -2.59. The van der Waals surface area contributed by atoms with Crippen molar-refractivity contribution in [2.45, 2.75) is 57.9 Å². The Morgan fingerprint density at radius 3 is 2.00 bits per heavy atom. The number of nitrogens with one attached hydrogen (secondary N) is 1. The van der Waals surface area contributed by atoms with Crippen molar-refractivity contribution in [2.24, 2.45) is 29.0 Å². The van der Waals surface area contributed by atoms with E-state index in [1.54, 1.807) is 0 Å².